The lowest BCUT2D eigenvalue weighted by Crippen LogP contribution is -2.20. The van der Waals surface area contributed by atoms with Gasteiger partial charge in [-0.15, -0.1) is 0 Å². The SMILES string of the molecule is C=CC(=O)OC(CCCCCCCCCCC)OCC. The van der Waals surface area contributed by atoms with Crippen molar-refractivity contribution in [1.29, 1.82) is 0 Å². The molecule has 0 aromatic heterocycles. The predicted octanol–water partition coefficient (Wildman–Crippen LogP) is 5.00. The molecule has 0 radical (unpaired) electrons. The third-order valence-corrected chi connectivity index (χ3v) is 3.31. The molecule has 0 aliphatic heterocycles. The van der Waals surface area contributed by atoms with E-state index in [0.717, 1.165) is 12.8 Å². The molecular formula is C17H32O3. The van der Waals surface area contributed by atoms with E-state index in [1.54, 1.807) is 0 Å². The number of hydrogen-bond acceptors (Lipinski definition) is 3. The van der Waals surface area contributed by atoms with Crippen LogP contribution < -0.4 is 0 Å². The van der Waals surface area contributed by atoms with Crippen LogP contribution in [0.4, 0.5) is 0 Å². The molecule has 3 nitrogen and oxygen atoms in total. The lowest BCUT2D eigenvalue weighted by Gasteiger charge is -2.16. The summed E-state index contributed by atoms with van der Waals surface area (Å²) in [5.41, 5.74) is 0. The van der Waals surface area contributed by atoms with Crippen LogP contribution >= 0.6 is 0 Å². The van der Waals surface area contributed by atoms with Crippen molar-refractivity contribution in [2.45, 2.75) is 84.3 Å². The van der Waals surface area contributed by atoms with Crippen LogP contribution in [0.25, 0.3) is 0 Å². The Morgan fingerprint density at radius 3 is 2.05 bits per heavy atom. The second-order valence-electron chi connectivity index (χ2n) is 5.14. The van der Waals surface area contributed by atoms with E-state index in [-0.39, 0.29) is 0 Å². The summed E-state index contributed by atoms with van der Waals surface area (Å²) >= 11 is 0. The molecule has 118 valence electrons. The van der Waals surface area contributed by atoms with Crippen LogP contribution in [0.15, 0.2) is 12.7 Å². The van der Waals surface area contributed by atoms with E-state index in [2.05, 4.69) is 13.5 Å². The van der Waals surface area contributed by atoms with Crippen molar-refractivity contribution in [3.05, 3.63) is 12.7 Å². The van der Waals surface area contributed by atoms with Gasteiger partial charge in [-0.1, -0.05) is 64.9 Å². The topological polar surface area (TPSA) is 35.5 Å². The zero-order valence-corrected chi connectivity index (χ0v) is 13.4. The maximum atomic E-state index is 11.1. The highest BCUT2D eigenvalue weighted by Crippen LogP contribution is 2.13. The van der Waals surface area contributed by atoms with E-state index in [1.807, 2.05) is 6.92 Å². The molecule has 0 aromatic rings. The van der Waals surface area contributed by atoms with Gasteiger partial charge < -0.3 is 9.47 Å². The number of unbranched alkanes of at least 4 members (excludes halogenated alkanes) is 8. The molecule has 0 aliphatic rings. The highest BCUT2D eigenvalue weighted by atomic mass is 16.7. The molecule has 0 spiro atoms. The summed E-state index contributed by atoms with van der Waals surface area (Å²) in [6.07, 6.45) is 13.1. The molecular weight excluding hydrogens is 252 g/mol. The number of rotatable bonds is 14. The average Bonchev–Trinajstić information content (AvgIpc) is 2.45. The van der Waals surface area contributed by atoms with Gasteiger partial charge in [0.25, 0.3) is 0 Å². The first-order chi connectivity index (χ1) is 9.74. The van der Waals surface area contributed by atoms with Crippen molar-refractivity contribution < 1.29 is 14.3 Å². The van der Waals surface area contributed by atoms with Gasteiger partial charge in [-0.25, -0.2) is 4.79 Å². The van der Waals surface area contributed by atoms with Gasteiger partial charge in [-0.2, -0.15) is 0 Å². The van der Waals surface area contributed by atoms with Crippen molar-refractivity contribution in [1.82, 2.24) is 0 Å². The van der Waals surface area contributed by atoms with Crippen molar-refractivity contribution in [2.75, 3.05) is 6.61 Å². The normalized spacial score (nSPS) is 12.1. The average molecular weight is 284 g/mol. The Balaban J connectivity index is 3.48. The Morgan fingerprint density at radius 1 is 1.00 bits per heavy atom. The maximum absolute atomic E-state index is 11.1. The first-order valence-electron chi connectivity index (χ1n) is 8.19. The molecule has 0 rings (SSSR count). The lowest BCUT2D eigenvalue weighted by molar-refractivity contribution is -0.173. The molecule has 0 amide bonds. The van der Waals surface area contributed by atoms with Crippen molar-refractivity contribution in [2.24, 2.45) is 0 Å². The van der Waals surface area contributed by atoms with Crippen LogP contribution in [0.2, 0.25) is 0 Å². The fourth-order valence-corrected chi connectivity index (χ4v) is 2.16. The third kappa shape index (κ3) is 12.2. The summed E-state index contributed by atoms with van der Waals surface area (Å²) in [7, 11) is 0. The van der Waals surface area contributed by atoms with E-state index >= 15 is 0 Å². The highest BCUT2D eigenvalue weighted by molar-refractivity contribution is 5.81. The summed E-state index contributed by atoms with van der Waals surface area (Å²) in [5, 5.41) is 0. The van der Waals surface area contributed by atoms with Gasteiger partial charge in [0.15, 0.2) is 0 Å². The molecule has 0 saturated heterocycles. The highest BCUT2D eigenvalue weighted by Gasteiger charge is 2.11. The Kier molecular flexibility index (Phi) is 14.0. The summed E-state index contributed by atoms with van der Waals surface area (Å²) in [5.74, 6) is -0.403. The van der Waals surface area contributed by atoms with Crippen LogP contribution in [-0.2, 0) is 14.3 Å². The Morgan fingerprint density at radius 2 is 1.55 bits per heavy atom. The van der Waals surface area contributed by atoms with Crippen LogP contribution in [0.5, 0.6) is 0 Å². The Bertz CT molecular complexity index is 238. The van der Waals surface area contributed by atoms with Gasteiger partial charge >= 0.3 is 5.97 Å². The van der Waals surface area contributed by atoms with E-state index < -0.39 is 12.3 Å². The largest absolute Gasteiger partial charge is 0.433 e. The first kappa shape index (κ1) is 19.2. The Labute approximate surface area is 124 Å². The quantitative estimate of drug-likeness (QED) is 0.195. The molecule has 1 unspecified atom stereocenters. The molecule has 0 aromatic carbocycles. The number of carbonyl (C=O) groups excluding carboxylic acids is 1. The molecule has 3 heteroatoms. The lowest BCUT2D eigenvalue weighted by atomic mass is 10.1. The molecule has 0 bridgehead atoms. The van der Waals surface area contributed by atoms with Crippen LogP contribution in [0.3, 0.4) is 0 Å². The minimum Gasteiger partial charge on any atom is -0.433 e. The Hall–Kier alpha value is -0.830. The van der Waals surface area contributed by atoms with Gasteiger partial charge in [-0.05, 0) is 13.3 Å². The maximum Gasteiger partial charge on any atom is 0.332 e. The molecule has 20 heavy (non-hydrogen) atoms. The van der Waals surface area contributed by atoms with Gasteiger partial charge in [0.05, 0.1) is 0 Å². The zero-order chi connectivity index (χ0) is 15.1. The minimum absolute atomic E-state index is 0.403. The molecule has 0 heterocycles. The van der Waals surface area contributed by atoms with Crippen molar-refractivity contribution >= 4 is 5.97 Å². The predicted molar refractivity (Wildman–Crippen MR) is 83.5 cm³/mol. The van der Waals surface area contributed by atoms with E-state index in [9.17, 15) is 4.79 Å². The van der Waals surface area contributed by atoms with E-state index in [0.29, 0.717) is 6.61 Å². The molecule has 0 aliphatic carbocycles. The van der Waals surface area contributed by atoms with Crippen LogP contribution in [0.1, 0.15) is 78.1 Å². The molecule has 0 saturated carbocycles. The van der Waals surface area contributed by atoms with Crippen LogP contribution in [0, 0.1) is 0 Å². The summed E-state index contributed by atoms with van der Waals surface area (Å²) in [4.78, 5) is 11.1. The van der Waals surface area contributed by atoms with Gasteiger partial charge in [0.2, 0.25) is 6.29 Å². The standard InChI is InChI=1S/C17H32O3/c1-4-7-8-9-10-11-12-13-14-15-17(19-6-3)20-16(18)5-2/h5,17H,2,4,6-15H2,1,3H3. The van der Waals surface area contributed by atoms with Crippen LogP contribution in [-0.4, -0.2) is 18.9 Å². The number of carbonyl (C=O) groups is 1. The number of esters is 1. The summed E-state index contributed by atoms with van der Waals surface area (Å²) in [6.45, 7) is 8.11. The van der Waals surface area contributed by atoms with Crippen molar-refractivity contribution in [3.8, 4) is 0 Å². The summed E-state index contributed by atoms with van der Waals surface area (Å²) < 4.78 is 10.5. The fourth-order valence-electron chi connectivity index (χ4n) is 2.16. The fraction of sp³-hybridized carbons (Fsp3) is 0.824. The second kappa shape index (κ2) is 14.6. The zero-order valence-electron chi connectivity index (χ0n) is 13.4. The van der Waals surface area contributed by atoms with E-state index in [4.69, 9.17) is 9.47 Å². The molecule has 1 atom stereocenters. The molecule has 0 N–H and O–H groups in total. The summed E-state index contributed by atoms with van der Waals surface area (Å²) in [6, 6.07) is 0. The second-order valence-corrected chi connectivity index (χ2v) is 5.14. The third-order valence-electron chi connectivity index (χ3n) is 3.31. The van der Waals surface area contributed by atoms with Gasteiger partial charge in [0.1, 0.15) is 0 Å². The minimum atomic E-state index is -0.407. The van der Waals surface area contributed by atoms with E-state index in [1.165, 1.54) is 57.4 Å². The smallest absolute Gasteiger partial charge is 0.332 e. The molecule has 0 fully saturated rings. The monoisotopic (exact) mass is 284 g/mol. The van der Waals surface area contributed by atoms with Crippen molar-refractivity contribution in [3.63, 3.8) is 0 Å². The van der Waals surface area contributed by atoms with Gasteiger partial charge in [-0.3, -0.25) is 0 Å². The number of ether oxygens (including phenoxy) is 2. The van der Waals surface area contributed by atoms with Gasteiger partial charge in [0, 0.05) is 19.1 Å². The number of hydrogen-bond donors (Lipinski definition) is 0. The first-order valence-corrected chi connectivity index (χ1v) is 8.19.